The van der Waals surface area contributed by atoms with Crippen molar-refractivity contribution in [2.45, 2.75) is 46.1 Å². The van der Waals surface area contributed by atoms with Crippen molar-refractivity contribution in [2.24, 2.45) is 5.92 Å². The Bertz CT molecular complexity index is 506. The quantitative estimate of drug-likeness (QED) is 0.641. The first kappa shape index (κ1) is 15.5. The fraction of sp³-hybridized carbons (Fsp3) is 0.714. The molecule has 1 unspecified atom stereocenters. The topological polar surface area (TPSA) is 84.2 Å². The molecule has 1 atom stereocenters. The Morgan fingerprint density at radius 2 is 2.29 bits per heavy atom. The molecular weight excluding hydrogens is 270 g/mol. The van der Waals surface area contributed by atoms with Crippen LogP contribution < -0.4 is 10.2 Å². The van der Waals surface area contributed by atoms with E-state index in [-0.39, 0.29) is 10.6 Å². The average molecular weight is 293 g/mol. The molecule has 0 aliphatic carbocycles. The number of anilines is 2. The van der Waals surface area contributed by atoms with E-state index in [1.54, 1.807) is 0 Å². The van der Waals surface area contributed by atoms with Gasteiger partial charge >= 0.3 is 5.69 Å². The molecule has 21 heavy (non-hydrogen) atoms. The summed E-state index contributed by atoms with van der Waals surface area (Å²) < 4.78 is 0. The first-order valence-electron chi connectivity index (χ1n) is 7.56. The van der Waals surface area contributed by atoms with Crippen LogP contribution in [-0.2, 0) is 0 Å². The predicted octanol–water partition coefficient (Wildman–Crippen LogP) is 2.83. The van der Waals surface area contributed by atoms with E-state index in [9.17, 15) is 10.1 Å². The van der Waals surface area contributed by atoms with E-state index in [2.05, 4.69) is 34.0 Å². The number of hydrogen-bond acceptors (Lipinski definition) is 6. The van der Waals surface area contributed by atoms with Gasteiger partial charge in [-0.25, -0.2) is 9.97 Å². The maximum atomic E-state index is 11.5. The Labute approximate surface area is 124 Å². The highest BCUT2D eigenvalue weighted by Gasteiger charge is 2.34. The molecule has 2 heterocycles. The van der Waals surface area contributed by atoms with Gasteiger partial charge in [0.25, 0.3) is 0 Å². The minimum atomic E-state index is -0.372. The van der Waals surface area contributed by atoms with Crippen LogP contribution in [0.1, 0.15) is 40.0 Å². The van der Waals surface area contributed by atoms with Crippen LogP contribution in [-0.4, -0.2) is 34.0 Å². The summed E-state index contributed by atoms with van der Waals surface area (Å²) in [4.78, 5) is 21.5. The first-order valence-corrected chi connectivity index (χ1v) is 7.56. The third-order valence-electron chi connectivity index (χ3n) is 3.87. The molecule has 1 aromatic heterocycles. The lowest BCUT2D eigenvalue weighted by Crippen LogP contribution is -2.34. The van der Waals surface area contributed by atoms with Crippen molar-refractivity contribution in [2.75, 3.05) is 23.3 Å². The van der Waals surface area contributed by atoms with Gasteiger partial charge in [0.2, 0.25) is 11.6 Å². The molecule has 0 amide bonds. The van der Waals surface area contributed by atoms with Gasteiger partial charge in [-0.1, -0.05) is 20.8 Å². The Kier molecular flexibility index (Phi) is 4.93. The van der Waals surface area contributed by atoms with E-state index in [4.69, 9.17) is 0 Å². The lowest BCUT2D eigenvalue weighted by molar-refractivity contribution is -0.383. The number of nitro groups is 1. The molecule has 1 fully saturated rings. The monoisotopic (exact) mass is 293 g/mol. The summed E-state index contributed by atoms with van der Waals surface area (Å²) in [6.07, 6.45) is 4.39. The predicted molar refractivity (Wildman–Crippen MR) is 82.7 cm³/mol. The number of aromatic nitrogens is 2. The summed E-state index contributed by atoms with van der Waals surface area (Å²) in [5.74, 6) is 1.21. The second-order valence-corrected chi connectivity index (χ2v) is 5.73. The Morgan fingerprint density at radius 3 is 2.90 bits per heavy atom. The second-order valence-electron chi connectivity index (χ2n) is 5.73. The zero-order valence-electron chi connectivity index (χ0n) is 12.9. The summed E-state index contributed by atoms with van der Waals surface area (Å²) in [6, 6.07) is 0.303. The maximum Gasteiger partial charge on any atom is 0.353 e. The molecule has 1 N–H and O–H groups in total. The van der Waals surface area contributed by atoms with Gasteiger partial charge < -0.3 is 10.2 Å². The highest BCUT2D eigenvalue weighted by atomic mass is 16.6. The van der Waals surface area contributed by atoms with Crippen molar-refractivity contribution in [1.29, 1.82) is 0 Å². The highest BCUT2D eigenvalue weighted by molar-refractivity contribution is 5.70. The van der Waals surface area contributed by atoms with Crippen molar-refractivity contribution in [3.8, 4) is 0 Å². The summed E-state index contributed by atoms with van der Waals surface area (Å²) in [5.41, 5.74) is -0.00139. The third kappa shape index (κ3) is 3.22. The van der Waals surface area contributed by atoms with Gasteiger partial charge in [-0.3, -0.25) is 10.1 Å². The van der Waals surface area contributed by atoms with Crippen molar-refractivity contribution in [1.82, 2.24) is 9.97 Å². The van der Waals surface area contributed by atoms with Crippen molar-refractivity contribution in [3.63, 3.8) is 0 Å². The summed E-state index contributed by atoms with van der Waals surface area (Å²) in [5, 5.41) is 14.5. The SMILES string of the molecule is CCCNc1ncnc(N2CCCC2C(C)C)c1[N+](=O)[O-]. The molecule has 2 rings (SSSR count). The van der Waals surface area contributed by atoms with Crippen LogP contribution in [0.25, 0.3) is 0 Å². The van der Waals surface area contributed by atoms with Crippen LogP contribution in [0.5, 0.6) is 0 Å². The van der Waals surface area contributed by atoms with Crippen molar-refractivity contribution >= 4 is 17.3 Å². The van der Waals surface area contributed by atoms with Crippen LogP contribution in [0, 0.1) is 16.0 Å². The van der Waals surface area contributed by atoms with Gasteiger partial charge in [-0.2, -0.15) is 0 Å². The lowest BCUT2D eigenvalue weighted by atomic mass is 10.0. The van der Waals surface area contributed by atoms with E-state index in [0.29, 0.717) is 30.1 Å². The van der Waals surface area contributed by atoms with Crippen LogP contribution in [0.15, 0.2) is 6.33 Å². The summed E-state index contributed by atoms with van der Waals surface area (Å²) in [6.45, 7) is 7.77. The molecule has 7 heteroatoms. The van der Waals surface area contributed by atoms with E-state index < -0.39 is 0 Å². The molecule has 0 spiro atoms. The van der Waals surface area contributed by atoms with Crippen LogP contribution in [0.3, 0.4) is 0 Å². The van der Waals surface area contributed by atoms with Crippen molar-refractivity contribution in [3.05, 3.63) is 16.4 Å². The molecular formula is C14H23N5O2. The molecule has 116 valence electrons. The molecule has 0 bridgehead atoms. The molecule has 1 saturated heterocycles. The van der Waals surface area contributed by atoms with Crippen LogP contribution >= 0.6 is 0 Å². The fourth-order valence-electron chi connectivity index (χ4n) is 2.87. The standard InChI is InChI=1S/C14H23N5O2/c1-4-7-15-13-12(19(20)21)14(17-9-16-13)18-8-5-6-11(18)10(2)3/h9-11H,4-8H2,1-3H3,(H,15,16,17). The fourth-order valence-corrected chi connectivity index (χ4v) is 2.87. The minimum absolute atomic E-state index is 0.00139. The zero-order chi connectivity index (χ0) is 15.4. The van der Waals surface area contributed by atoms with Gasteiger partial charge in [0.05, 0.1) is 4.92 Å². The molecule has 7 nitrogen and oxygen atoms in total. The minimum Gasteiger partial charge on any atom is -0.364 e. The highest BCUT2D eigenvalue weighted by Crippen LogP contribution is 2.37. The summed E-state index contributed by atoms with van der Waals surface area (Å²) in [7, 11) is 0. The molecule has 1 aliphatic rings. The van der Waals surface area contributed by atoms with Gasteiger partial charge in [0.15, 0.2) is 0 Å². The summed E-state index contributed by atoms with van der Waals surface area (Å²) >= 11 is 0. The van der Waals surface area contributed by atoms with E-state index in [1.165, 1.54) is 6.33 Å². The van der Waals surface area contributed by atoms with Gasteiger partial charge in [-0.05, 0) is 25.2 Å². The van der Waals surface area contributed by atoms with Gasteiger partial charge in [0, 0.05) is 19.1 Å². The van der Waals surface area contributed by atoms with Gasteiger partial charge in [-0.15, -0.1) is 0 Å². The maximum absolute atomic E-state index is 11.5. The first-order chi connectivity index (χ1) is 10.1. The van der Waals surface area contributed by atoms with E-state index in [0.717, 1.165) is 25.8 Å². The average Bonchev–Trinajstić information content (AvgIpc) is 2.93. The Balaban J connectivity index is 2.40. The molecule has 1 aromatic rings. The molecule has 0 radical (unpaired) electrons. The largest absolute Gasteiger partial charge is 0.364 e. The number of rotatable bonds is 6. The van der Waals surface area contributed by atoms with Crippen LogP contribution in [0.4, 0.5) is 17.3 Å². The number of hydrogen-bond donors (Lipinski definition) is 1. The van der Waals surface area contributed by atoms with Gasteiger partial charge in [0.1, 0.15) is 6.33 Å². The Hall–Kier alpha value is -1.92. The smallest absolute Gasteiger partial charge is 0.353 e. The van der Waals surface area contributed by atoms with Crippen molar-refractivity contribution < 1.29 is 4.92 Å². The zero-order valence-corrected chi connectivity index (χ0v) is 12.9. The Morgan fingerprint density at radius 1 is 1.52 bits per heavy atom. The molecule has 0 saturated carbocycles. The van der Waals surface area contributed by atoms with E-state index in [1.807, 2.05) is 6.92 Å². The molecule has 1 aliphatic heterocycles. The number of nitrogens with one attached hydrogen (secondary N) is 1. The molecule has 0 aromatic carbocycles. The lowest BCUT2D eigenvalue weighted by Gasteiger charge is -2.28. The normalized spacial score (nSPS) is 18.3. The van der Waals surface area contributed by atoms with E-state index >= 15 is 0 Å². The van der Waals surface area contributed by atoms with Crippen LogP contribution in [0.2, 0.25) is 0 Å². The second kappa shape index (κ2) is 6.69. The number of nitrogens with zero attached hydrogens (tertiary/aromatic N) is 4. The third-order valence-corrected chi connectivity index (χ3v) is 3.87.